The van der Waals surface area contributed by atoms with Crippen molar-refractivity contribution in [3.8, 4) is 0 Å². The van der Waals surface area contributed by atoms with Gasteiger partial charge in [-0.1, -0.05) is 0 Å². The number of anilines is 3. The van der Waals surface area contributed by atoms with Crippen molar-refractivity contribution in [3.63, 3.8) is 0 Å². The third kappa shape index (κ3) is 5.10. The first-order valence-electron chi connectivity index (χ1n) is 12.1. The fraction of sp³-hybridized carbons (Fsp3) is 0.522. The predicted molar refractivity (Wildman–Crippen MR) is 133 cm³/mol. The summed E-state index contributed by atoms with van der Waals surface area (Å²) in [6, 6.07) is 4.47. The molecule has 0 saturated carbocycles. The van der Waals surface area contributed by atoms with Gasteiger partial charge in [0, 0.05) is 70.7 Å². The number of piperazine rings is 1. The number of likely N-dealkylation sites (N-methyl/N-ethyl adjacent to an activating group) is 1. The van der Waals surface area contributed by atoms with Crippen molar-refractivity contribution in [3.05, 3.63) is 40.1 Å². The van der Waals surface area contributed by atoms with E-state index in [9.17, 15) is 23.3 Å². The van der Waals surface area contributed by atoms with Crippen LogP contribution in [0.3, 0.4) is 0 Å². The lowest BCUT2D eigenvalue weighted by Gasteiger charge is -2.35. The second-order valence-corrected chi connectivity index (χ2v) is 9.55. The first-order chi connectivity index (χ1) is 17.6. The van der Waals surface area contributed by atoms with Gasteiger partial charge in [0.2, 0.25) is 11.9 Å². The number of nitro benzene ring substituents is 1. The number of hydrogen-bond acceptors (Lipinski definition) is 9. The van der Waals surface area contributed by atoms with Crippen LogP contribution in [0.4, 0.5) is 36.6 Å². The molecule has 0 bridgehead atoms. The Bertz CT molecular complexity index is 1300. The van der Waals surface area contributed by atoms with E-state index in [4.69, 9.17) is 0 Å². The summed E-state index contributed by atoms with van der Waals surface area (Å²) in [7, 11) is 3.80. The quantitative estimate of drug-likeness (QED) is 0.402. The van der Waals surface area contributed by atoms with Crippen molar-refractivity contribution in [2.45, 2.75) is 25.1 Å². The van der Waals surface area contributed by atoms with Gasteiger partial charge in [0.15, 0.2) is 0 Å². The molecule has 2 fully saturated rings. The summed E-state index contributed by atoms with van der Waals surface area (Å²) in [4.78, 5) is 29.5. The number of nitro groups is 1. The number of aromatic nitrogens is 4. The van der Waals surface area contributed by atoms with Crippen LogP contribution in [0, 0.1) is 10.1 Å². The molecular formula is C23H28F3N9O2. The number of halogens is 3. The maximum absolute atomic E-state index is 13.7. The van der Waals surface area contributed by atoms with Crippen LogP contribution in [0.2, 0.25) is 0 Å². The van der Waals surface area contributed by atoms with E-state index in [0.29, 0.717) is 44.2 Å². The number of benzene rings is 1. The lowest BCUT2D eigenvalue weighted by atomic mass is 10.1. The molecule has 14 heteroatoms. The van der Waals surface area contributed by atoms with Crippen molar-refractivity contribution in [2.24, 2.45) is 7.05 Å². The minimum atomic E-state index is -4.55. The Balaban J connectivity index is 1.36. The molecule has 2 aliphatic rings. The average molecular weight is 520 g/mol. The summed E-state index contributed by atoms with van der Waals surface area (Å²) in [5.74, 6) is 0.741. The van der Waals surface area contributed by atoms with E-state index in [1.165, 1.54) is 12.1 Å². The zero-order valence-electron chi connectivity index (χ0n) is 20.6. The Hall–Kier alpha value is -3.68. The first-order valence-corrected chi connectivity index (χ1v) is 12.1. The highest BCUT2D eigenvalue weighted by molar-refractivity contribution is 5.81. The highest BCUT2D eigenvalue weighted by Gasteiger charge is 2.37. The first kappa shape index (κ1) is 25.0. The molecule has 1 aromatic carbocycles. The zero-order chi connectivity index (χ0) is 26.3. The third-order valence-electron chi connectivity index (χ3n) is 6.97. The van der Waals surface area contributed by atoms with Crippen molar-refractivity contribution in [1.82, 2.24) is 24.4 Å². The molecule has 0 aliphatic carbocycles. The molecular weight excluding hydrogens is 491 g/mol. The Morgan fingerprint density at radius 1 is 1.08 bits per heavy atom. The summed E-state index contributed by atoms with van der Waals surface area (Å²) >= 11 is 0. The zero-order valence-corrected chi connectivity index (χ0v) is 20.6. The summed E-state index contributed by atoms with van der Waals surface area (Å²) in [6.07, 6.45) is -2.07. The third-order valence-corrected chi connectivity index (χ3v) is 6.97. The topological polar surface area (TPSA) is 108 Å². The molecule has 2 aromatic heterocycles. The van der Waals surface area contributed by atoms with E-state index in [2.05, 4.69) is 30.1 Å². The number of fused-ring (bicyclic) bond motifs is 1. The van der Waals surface area contributed by atoms with Gasteiger partial charge in [-0.15, -0.1) is 0 Å². The lowest BCUT2D eigenvalue weighted by molar-refractivity contribution is -0.384. The number of non-ortho nitro benzene ring substituents is 1. The number of nitrogens with one attached hydrogen (secondary N) is 1. The standard InChI is InChI=1S/C23H28F3N9O2/c1-31-8-10-33(11-9-31)20-17(23(24,25)26)13-27-21(30-20)28-15-4-3-7-34(14-15)22-29-18-12-16(35(36)37)5-6-19(18)32(22)2/h5-6,12-13,15H,3-4,7-11,14H2,1-2H3,(H,27,28,30)/t15-/m1/s1. The number of nitrogens with zero attached hydrogens (tertiary/aromatic N) is 8. The molecule has 1 N–H and O–H groups in total. The molecule has 2 aliphatic heterocycles. The Kier molecular flexibility index (Phi) is 6.52. The normalized spacial score (nSPS) is 19.4. The van der Waals surface area contributed by atoms with Crippen molar-refractivity contribution in [1.29, 1.82) is 0 Å². The van der Waals surface area contributed by atoms with Crippen LogP contribution in [0.1, 0.15) is 18.4 Å². The molecule has 0 unspecified atom stereocenters. The smallest absolute Gasteiger partial charge is 0.353 e. The fourth-order valence-electron chi connectivity index (χ4n) is 4.93. The van der Waals surface area contributed by atoms with Gasteiger partial charge in [0.1, 0.15) is 11.4 Å². The van der Waals surface area contributed by atoms with Gasteiger partial charge in [-0.2, -0.15) is 18.2 Å². The highest BCUT2D eigenvalue weighted by Crippen LogP contribution is 2.36. The predicted octanol–water partition coefficient (Wildman–Crippen LogP) is 3.12. The molecule has 11 nitrogen and oxygen atoms in total. The van der Waals surface area contributed by atoms with Gasteiger partial charge in [-0.3, -0.25) is 10.1 Å². The Morgan fingerprint density at radius 2 is 1.84 bits per heavy atom. The molecule has 3 aromatic rings. The van der Waals surface area contributed by atoms with Gasteiger partial charge in [0.05, 0.1) is 16.0 Å². The van der Waals surface area contributed by atoms with Crippen LogP contribution in [-0.2, 0) is 13.2 Å². The minimum Gasteiger partial charge on any atom is -0.353 e. The second-order valence-electron chi connectivity index (χ2n) is 9.55. The van der Waals surface area contributed by atoms with Crippen LogP contribution in [0.25, 0.3) is 11.0 Å². The minimum absolute atomic E-state index is 0.0223. The van der Waals surface area contributed by atoms with E-state index < -0.39 is 16.7 Å². The summed E-state index contributed by atoms with van der Waals surface area (Å²) in [5.41, 5.74) is 0.454. The van der Waals surface area contributed by atoms with E-state index in [1.54, 1.807) is 11.0 Å². The summed E-state index contributed by atoms with van der Waals surface area (Å²) < 4.78 is 43.0. The highest BCUT2D eigenvalue weighted by atomic mass is 19.4. The lowest BCUT2D eigenvalue weighted by Crippen LogP contribution is -2.46. The molecule has 0 radical (unpaired) electrons. The van der Waals surface area contributed by atoms with Crippen LogP contribution >= 0.6 is 0 Å². The second kappa shape index (κ2) is 9.65. The van der Waals surface area contributed by atoms with Gasteiger partial charge in [-0.05, 0) is 26.0 Å². The number of piperidine rings is 1. The number of hydrogen-bond donors (Lipinski definition) is 1. The van der Waals surface area contributed by atoms with Crippen LogP contribution < -0.4 is 15.1 Å². The maximum atomic E-state index is 13.7. The molecule has 198 valence electrons. The van der Waals surface area contributed by atoms with Gasteiger partial charge in [-0.25, -0.2) is 9.97 Å². The molecule has 0 amide bonds. The molecule has 0 spiro atoms. The van der Waals surface area contributed by atoms with E-state index in [-0.39, 0.29) is 23.5 Å². The SMILES string of the molecule is CN1CCN(c2nc(N[C@@H]3CCCN(c4nc5cc([N+](=O)[O-])ccc5n4C)C3)ncc2C(F)(F)F)CC1. The number of imidazole rings is 1. The van der Waals surface area contributed by atoms with Crippen LogP contribution in [0.15, 0.2) is 24.4 Å². The van der Waals surface area contributed by atoms with Gasteiger partial charge < -0.3 is 24.6 Å². The van der Waals surface area contributed by atoms with Crippen molar-refractivity contribution < 1.29 is 18.1 Å². The Labute approximate surface area is 211 Å². The van der Waals surface area contributed by atoms with Crippen molar-refractivity contribution >= 4 is 34.4 Å². The monoisotopic (exact) mass is 519 g/mol. The molecule has 2 saturated heterocycles. The fourth-order valence-corrected chi connectivity index (χ4v) is 4.93. The average Bonchev–Trinajstić information content (AvgIpc) is 3.19. The number of rotatable bonds is 5. The maximum Gasteiger partial charge on any atom is 0.421 e. The number of alkyl halides is 3. The largest absolute Gasteiger partial charge is 0.421 e. The van der Waals surface area contributed by atoms with Gasteiger partial charge >= 0.3 is 6.18 Å². The van der Waals surface area contributed by atoms with Crippen molar-refractivity contribution in [2.75, 3.05) is 61.4 Å². The summed E-state index contributed by atoms with van der Waals surface area (Å²) in [5, 5.41) is 14.4. The molecule has 37 heavy (non-hydrogen) atoms. The summed E-state index contributed by atoms with van der Waals surface area (Å²) in [6.45, 7) is 3.49. The Morgan fingerprint density at radius 3 is 2.54 bits per heavy atom. The number of aryl methyl sites for hydroxylation is 1. The molecule has 1 atom stereocenters. The van der Waals surface area contributed by atoms with Crippen LogP contribution in [-0.4, -0.2) is 81.7 Å². The van der Waals surface area contributed by atoms with Gasteiger partial charge in [0.25, 0.3) is 5.69 Å². The van der Waals surface area contributed by atoms with E-state index in [0.717, 1.165) is 31.1 Å². The van der Waals surface area contributed by atoms with Crippen LogP contribution in [0.5, 0.6) is 0 Å². The van der Waals surface area contributed by atoms with E-state index in [1.807, 2.05) is 18.7 Å². The molecule has 5 rings (SSSR count). The van der Waals surface area contributed by atoms with E-state index >= 15 is 0 Å². The molecule has 4 heterocycles.